The van der Waals surface area contributed by atoms with Crippen LogP contribution in [0.1, 0.15) is 27.7 Å². The number of esters is 1. The minimum atomic E-state index is -0.792. The molecule has 6 nitrogen and oxygen atoms in total. The maximum atomic E-state index is 11.7. The molecule has 2 unspecified atom stereocenters. The fraction of sp³-hybridized carbons (Fsp3) is 0.818. The van der Waals surface area contributed by atoms with Crippen molar-refractivity contribution in [2.45, 2.75) is 39.8 Å². The smallest absolute Gasteiger partial charge is 0.331 e. The molecule has 0 aliphatic rings. The van der Waals surface area contributed by atoms with Crippen molar-refractivity contribution in [3.63, 3.8) is 0 Å². The Balaban J connectivity index is 4.55. The monoisotopic (exact) mass is 246 g/mol. The van der Waals surface area contributed by atoms with E-state index in [9.17, 15) is 9.59 Å². The molecule has 6 heteroatoms. The van der Waals surface area contributed by atoms with Crippen molar-refractivity contribution >= 4 is 11.9 Å². The maximum absolute atomic E-state index is 11.7. The highest BCUT2D eigenvalue weighted by Gasteiger charge is 2.28. The van der Waals surface area contributed by atoms with Gasteiger partial charge in [0.15, 0.2) is 6.79 Å². The summed E-state index contributed by atoms with van der Waals surface area (Å²) in [6, 6.07) is -1.46. The summed E-state index contributed by atoms with van der Waals surface area (Å²) in [5.74, 6) is -1.21. The zero-order valence-electron chi connectivity index (χ0n) is 10.8. The molecule has 0 aliphatic carbocycles. The van der Waals surface area contributed by atoms with Gasteiger partial charge in [-0.2, -0.15) is 0 Å². The van der Waals surface area contributed by atoms with Crippen molar-refractivity contribution < 1.29 is 19.4 Å². The minimum Gasteiger partial charge on any atom is -0.437 e. The molecule has 0 fully saturated rings. The summed E-state index contributed by atoms with van der Waals surface area (Å²) >= 11 is 0. The lowest BCUT2D eigenvalue weighted by molar-refractivity contribution is -0.157. The highest BCUT2D eigenvalue weighted by molar-refractivity contribution is 5.87. The molecule has 0 saturated heterocycles. The van der Waals surface area contributed by atoms with Crippen molar-refractivity contribution in [2.24, 2.45) is 17.6 Å². The molecule has 0 aromatic carbocycles. The number of nitrogens with one attached hydrogen (secondary N) is 1. The summed E-state index contributed by atoms with van der Waals surface area (Å²) in [5, 5.41) is 11.1. The standard InChI is InChI=1S/C11H22N2O4/c1-6(2)8(12)10(15)13-9(7(3)4)11(16)17-5-14/h6-9,14H,5,12H2,1-4H3,(H,13,15). The van der Waals surface area contributed by atoms with Crippen LogP contribution in [-0.4, -0.2) is 35.9 Å². The average molecular weight is 246 g/mol. The second kappa shape index (κ2) is 7.24. The fourth-order valence-corrected chi connectivity index (χ4v) is 1.20. The highest BCUT2D eigenvalue weighted by Crippen LogP contribution is 2.06. The van der Waals surface area contributed by atoms with Crippen LogP contribution >= 0.6 is 0 Å². The van der Waals surface area contributed by atoms with Gasteiger partial charge >= 0.3 is 5.97 Å². The molecule has 100 valence electrons. The van der Waals surface area contributed by atoms with E-state index in [0.29, 0.717) is 0 Å². The molecule has 0 aromatic rings. The number of ether oxygens (including phenoxy) is 1. The third-order valence-corrected chi connectivity index (χ3v) is 2.45. The normalized spacial score (nSPS) is 14.6. The van der Waals surface area contributed by atoms with E-state index < -0.39 is 30.8 Å². The number of aliphatic hydroxyl groups is 1. The van der Waals surface area contributed by atoms with Crippen molar-refractivity contribution in [1.82, 2.24) is 5.32 Å². The van der Waals surface area contributed by atoms with Gasteiger partial charge in [-0.15, -0.1) is 0 Å². The number of amides is 1. The first-order chi connectivity index (χ1) is 7.81. The quantitative estimate of drug-likeness (QED) is 0.437. The third kappa shape index (κ3) is 5.14. The molecule has 2 atom stereocenters. The van der Waals surface area contributed by atoms with E-state index in [-0.39, 0.29) is 11.8 Å². The summed E-state index contributed by atoms with van der Waals surface area (Å²) in [4.78, 5) is 23.2. The molecule has 0 heterocycles. The van der Waals surface area contributed by atoms with Crippen molar-refractivity contribution in [3.8, 4) is 0 Å². The van der Waals surface area contributed by atoms with Crippen LogP contribution in [0.2, 0.25) is 0 Å². The lowest BCUT2D eigenvalue weighted by Gasteiger charge is -2.23. The van der Waals surface area contributed by atoms with E-state index in [1.165, 1.54) is 0 Å². The van der Waals surface area contributed by atoms with Crippen LogP contribution in [0.25, 0.3) is 0 Å². The molecule has 4 N–H and O–H groups in total. The topological polar surface area (TPSA) is 102 Å². The minimum absolute atomic E-state index is 0.0170. The third-order valence-electron chi connectivity index (χ3n) is 2.45. The molecule has 0 radical (unpaired) electrons. The van der Waals surface area contributed by atoms with E-state index >= 15 is 0 Å². The Morgan fingerprint density at radius 2 is 1.76 bits per heavy atom. The van der Waals surface area contributed by atoms with Crippen LogP contribution in [0.3, 0.4) is 0 Å². The van der Waals surface area contributed by atoms with E-state index in [1.54, 1.807) is 13.8 Å². The SMILES string of the molecule is CC(C)C(N)C(=O)NC(C(=O)OCO)C(C)C. The number of hydrogen-bond donors (Lipinski definition) is 3. The zero-order chi connectivity index (χ0) is 13.6. The Morgan fingerprint density at radius 3 is 2.12 bits per heavy atom. The summed E-state index contributed by atoms with van der Waals surface area (Å²) in [6.07, 6.45) is 0. The van der Waals surface area contributed by atoms with Gasteiger partial charge in [0.05, 0.1) is 6.04 Å². The van der Waals surface area contributed by atoms with Crippen molar-refractivity contribution in [2.75, 3.05) is 6.79 Å². The van der Waals surface area contributed by atoms with E-state index in [0.717, 1.165) is 0 Å². The molecular formula is C11H22N2O4. The predicted octanol–water partition coefficient (Wildman–Crippen LogP) is -0.396. The average Bonchev–Trinajstić information content (AvgIpc) is 2.23. The zero-order valence-corrected chi connectivity index (χ0v) is 10.8. The molecule has 0 saturated carbocycles. The lowest BCUT2D eigenvalue weighted by atomic mass is 10.0. The Kier molecular flexibility index (Phi) is 6.75. The molecular weight excluding hydrogens is 224 g/mol. The van der Waals surface area contributed by atoms with Crippen LogP contribution in [0.4, 0.5) is 0 Å². The van der Waals surface area contributed by atoms with Crippen LogP contribution in [0.5, 0.6) is 0 Å². The number of hydrogen-bond acceptors (Lipinski definition) is 5. The van der Waals surface area contributed by atoms with Gasteiger partial charge in [-0.3, -0.25) is 4.79 Å². The Bertz CT molecular complexity index is 266. The summed E-state index contributed by atoms with van der Waals surface area (Å²) < 4.78 is 4.47. The number of carbonyl (C=O) groups is 2. The van der Waals surface area contributed by atoms with Gasteiger partial charge in [-0.1, -0.05) is 27.7 Å². The first-order valence-corrected chi connectivity index (χ1v) is 5.64. The summed E-state index contributed by atoms with van der Waals surface area (Å²) in [5.41, 5.74) is 5.67. The molecule has 0 aromatic heterocycles. The lowest BCUT2D eigenvalue weighted by Crippen LogP contribution is -2.52. The predicted molar refractivity (Wildman–Crippen MR) is 62.8 cm³/mol. The van der Waals surface area contributed by atoms with Crippen LogP contribution in [-0.2, 0) is 14.3 Å². The number of carbonyl (C=O) groups excluding carboxylic acids is 2. The molecule has 0 rings (SSSR count). The first-order valence-electron chi connectivity index (χ1n) is 5.64. The van der Waals surface area contributed by atoms with Gasteiger partial charge < -0.3 is 20.9 Å². The molecule has 17 heavy (non-hydrogen) atoms. The molecule has 0 spiro atoms. The number of nitrogens with two attached hydrogens (primary N) is 1. The number of rotatable bonds is 6. The van der Waals surface area contributed by atoms with Gasteiger partial charge in [-0.05, 0) is 11.8 Å². The Morgan fingerprint density at radius 1 is 1.24 bits per heavy atom. The van der Waals surface area contributed by atoms with Gasteiger partial charge in [0, 0.05) is 0 Å². The van der Waals surface area contributed by atoms with Crippen LogP contribution in [0.15, 0.2) is 0 Å². The van der Waals surface area contributed by atoms with Crippen LogP contribution in [0, 0.1) is 11.8 Å². The van der Waals surface area contributed by atoms with Gasteiger partial charge in [0.25, 0.3) is 0 Å². The second-order valence-electron chi connectivity index (χ2n) is 4.59. The van der Waals surface area contributed by atoms with Crippen molar-refractivity contribution in [3.05, 3.63) is 0 Å². The largest absolute Gasteiger partial charge is 0.437 e. The van der Waals surface area contributed by atoms with E-state index in [4.69, 9.17) is 10.8 Å². The Labute approximate surface area is 102 Å². The highest BCUT2D eigenvalue weighted by atomic mass is 16.6. The summed E-state index contributed by atoms with van der Waals surface area (Å²) in [6.45, 7) is 6.48. The van der Waals surface area contributed by atoms with Gasteiger partial charge in [0.2, 0.25) is 5.91 Å². The van der Waals surface area contributed by atoms with Crippen LogP contribution < -0.4 is 11.1 Å². The Hall–Kier alpha value is -1.14. The molecule has 1 amide bonds. The van der Waals surface area contributed by atoms with Gasteiger partial charge in [-0.25, -0.2) is 4.79 Å². The number of aliphatic hydroxyl groups excluding tert-OH is 1. The summed E-state index contributed by atoms with van der Waals surface area (Å²) in [7, 11) is 0. The first kappa shape index (κ1) is 15.9. The van der Waals surface area contributed by atoms with Gasteiger partial charge in [0.1, 0.15) is 6.04 Å². The second-order valence-corrected chi connectivity index (χ2v) is 4.59. The van der Waals surface area contributed by atoms with Crippen molar-refractivity contribution in [1.29, 1.82) is 0 Å². The maximum Gasteiger partial charge on any atom is 0.331 e. The molecule has 0 aliphatic heterocycles. The van der Waals surface area contributed by atoms with E-state index in [1.807, 2.05) is 13.8 Å². The van der Waals surface area contributed by atoms with E-state index in [2.05, 4.69) is 10.1 Å². The fourth-order valence-electron chi connectivity index (χ4n) is 1.20. The molecule has 0 bridgehead atoms.